The minimum absolute atomic E-state index is 0.243. The van der Waals surface area contributed by atoms with E-state index in [9.17, 15) is 9.18 Å². The molecule has 0 aromatic carbocycles. The fourth-order valence-corrected chi connectivity index (χ4v) is 2.15. The molecule has 0 atom stereocenters. The molecule has 1 amide bonds. The second kappa shape index (κ2) is 6.36. The van der Waals surface area contributed by atoms with Crippen molar-refractivity contribution in [2.24, 2.45) is 0 Å². The summed E-state index contributed by atoms with van der Waals surface area (Å²) in [6.45, 7) is 3.51. The average molecular weight is 267 g/mol. The molecule has 0 aliphatic carbocycles. The standard InChI is InChI=1S/C13H18FN3O2/c1-2-19-13(18)17-7-4-10(5-8-17)16-11-3-6-15-12(14)9-11/h3,6,9-10H,2,4-5,7-8H2,1H3,(H,15,16). The van der Waals surface area contributed by atoms with Crippen LogP contribution in [0.2, 0.25) is 0 Å². The minimum atomic E-state index is -0.492. The Morgan fingerprint density at radius 1 is 1.58 bits per heavy atom. The lowest BCUT2D eigenvalue weighted by Gasteiger charge is -2.32. The van der Waals surface area contributed by atoms with Gasteiger partial charge in [0.15, 0.2) is 0 Å². The van der Waals surface area contributed by atoms with Gasteiger partial charge in [0, 0.05) is 37.1 Å². The van der Waals surface area contributed by atoms with E-state index in [1.54, 1.807) is 17.9 Å². The van der Waals surface area contributed by atoms with Crippen molar-refractivity contribution in [2.75, 3.05) is 25.0 Å². The molecule has 5 nitrogen and oxygen atoms in total. The van der Waals surface area contributed by atoms with Gasteiger partial charge in [0.2, 0.25) is 5.95 Å². The summed E-state index contributed by atoms with van der Waals surface area (Å²) in [5.41, 5.74) is 0.724. The number of halogens is 1. The number of rotatable bonds is 3. The third kappa shape index (κ3) is 3.81. The Bertz CT molecular complexity index is 434. The Morgan fingerprint density at radius 3 is 2.95 bits per heavy atom. The van der Waals surface area contributed by atoms with Crippen molar-refractivity contribution in [3.63, 3.8) is 0 Å². The second-order valence-corrected chi connectivity index (χ2v) is 4.47. The van der Waals surface area contributed by atoms with Gasteiger partial charge < -0.3 is 15.0 Å². The molecular formula is C13H18FN3O2. The SMILES string of the molecule is CCOC(=O)N1CCC(Nc2ccnc(F)c2)CC1. The van der Waals surface area contributed by atoms with E-state index in [0.717, 1.165) is 18.5 Å². The zero-order chi connectivity index (χ0) is 13.7. The molecule has 0 bridgehead atoms. The number of pyridine rings is 1. The summed E-state index contributed by atoms with van der Waals surface area (Å²) in [6.07, 6.45) is 2.83. The van der Waals surface area contributed by atoms with Crippen LogP contribution in [-0.4, -0.2) is 41.7 Å². The van der Waals surface area contributed by atoms with Gasteiger partial charge in [-0.15, -0.1) is 0 Å². The topological polar surface area (TPSA) is 54.5 Å². The lowest BCUT2D eigenvalue weighted by molar-refractivity contribution is 0.0983. The molecule has 1 aliphatic rings. The van der Waals surface area contributed by atoms with Gasteiger partial charge >= 0.3 is 6.09 Å². The van der Waals surface area contributed by atoms with Crippen molar-refractivity contribution in [3.05, 3.63) is 24.3 Å². The number of hydrogen-bond donors (Lipinski definition) is 1. The first-order valence-electron chi connectivity index (χ1n) is 6.49. The van der Waals surface area contributed by atoms with Crippen LogP contribution in [0.4, 0.5) is 14.9 Å². The van der Waals surface area contributed by atoms with Crippen LogP contribution >= 0.6 is 0 Å². The first-order chi connectivity index (χ1) is 9.19. The zero-order valence-corrected chi connectivity index (χ0v) is 10.9. The molecule has 1 aliphatic heterocycles. The summed E-state index contributed by atoms with van der Waals surface area (Å²) in [5.74, 6) is -0.492. The molecule has 0 radical (unpaired) electrons. The van der Waals surface area contributed by atoms with Gasteiger partial charge in [-0.25, -0.2) is 9.78 Å². The van der Waals surface area contributed by atoms with Crippen LogP contribution in [0.3, 0.4) is 0 Å². The van der Waals surface area contributed by atoms with Gasteiger partial charge in [-0.1, -0.05) is 0 Å². The van der Waals surface area contributed by atoms with E-state index >= 15 is 0 Å². The highest BCUT2D eigenvalue weighted by Gasteiger charge is 2.23. The van der Waals surface area contributed by atoms with E-state index in [0.29, 0.717) is 19.7 Å². The van der Waals surface area contributed by atoms with Crippen molar-refractivity contribution in [2.45, 2.75) is 25.8 Å². The van der Waals surface area contributed by atoms with E-state index in [-0.39, 0.29) is 12.1 Å². The number of likely N-dealkylation sites (tertiary alicyclic amines) is 1. The molecule has 0 spiro atoms. The Labute approximate surface area is 111 Å². The second-order valence-electron chi connectivity index (χ2n) is 4.47. The monoisotopic (exact) mass is 267 g/mol. The molecule has 2 heterocycles. The summed E-state index contributed by atoms with van der Waals surface area (Å²) in [4.78, 5) is 16.7. The molecule has 6 heteroatoms. The van der Waals surface area contributed by atoms with E-state index in [1.165, 1.54) is 12.3 Å². The number of piperidine rings is 1. The summed E-state index contributed by atoms with van der Waals surface area (Å²) >= 11 is 0. The quantitative estimate of drug-likeness (QED) is 0.853. The first kappa shape index (κ1) is 13.6. The number of carbonyl (C=O) groups is 1. The Hall–Kier alpha value is -1.85. The molecule has 0 unspecified atom stereocenters. The highest BCUT2D eigenvalue weighted by molar-refractivity contribution is 5.67. The number of ether oxygens (including phenoxy) is 1. The third-order valence-corrected chi connectivity index (χ3v) is 3.12. The highest BCUT2D eigenvalue weighted by Crippen LogP contribution is 2.17. The van der Waals surface area contributed by atoms with Gasteiger partial charge in [-0.2, -0.15) is 4.39 Å². The van der Waals surface area contributed by atoms with Crippen LogP contribution in [-0.2, 0) is 4.74 Å². The lowest BCUT2D eigenvalue weighted by Crippen LogP contribution is -2.42. The van der Waals surface area contributed by atoms with E-state index in [2.05, 4.69) is 10.3 Å². The molecule has 0 saturated carbocycles. The molecule has 1 aromatic rings. The molecule has 1 saturated heterocycles. The number of aromatic nitrogens is 1. The number of nitrogens with zero attached hydrogens (tertiary/aromatic N) is 2. The largest absolute Gasteiger partial charge is 0.450 e. The number of anilines is 1. The van der Waals surface area contributed by atoms with Gasteiger partial charge in [0.25, 0.3) is 0 Å². The summed E-state index contributed by atoms with van der Waals surface area (Å²) < 4.78 is 17.9. The minimum Gasteiger partial charge on any atom is -0.450 e. The predicted octanol–water partition coefficient (Wildman–Crippen LogP) is 2.25. The van der Waals surface area contributed by atoms with Gasteiger partial charge in [-0.3, -0.25) is 0 Å². The molecule has 104 valence electrons. The zero-order valence-electron chi connectivity index (χ0n) is 10.9. The molecule has 1 N–H and O–H groups in total. The van der Waals surface area contributed by atoms with Crippen LogP contribution < -0.4 is 5.32 Å². The number of amides is 1. The van der Waals surface area contributed by atoms with Crippen molar-refractivity contribution in [1.29, 1.82) is 0 Å². The smallest absolute Gasteiger partial charge is 0.409 e. The van der Waals surface area contributed by atoms with E-state index in [1.807, 2.05) is 0 Å². The van der Waals surface area contributed by atoms with Crippen LogP contribution in [0.5, 0.6) is 0 Å². The van der Waals surface area contributed by atoms with Crippen LogP contribution in [0.1, 0.15) is 19.8 Å². The summed E-state index contributed by atoms with van der Waals surface area (Å²) in [6, 6.07) is 3.35. The van der Waals surface area contributed by atoms with Crippen molar-refractivity contribution < 1.29 is 13.9 Å². The maximum atomic E-state index is 13.0. The fourth-order valence-electron chi connectivity index (χ4n) is 2.15. The Kier molecular flexibility index (Phi) is 4.54. The maximum Gasteiger partial charge on any atom is 0.409 e. The fraction of sp³-hybridized carbons (Fsp3) is 0.538. The molecular weight excluding hydrogens is 249 g/mol. The summed E-state index contributed by atoms with van der Waals surface area (Å²) in [5, 5.41) is 3.25. The maximum absolute atomic E-state index is 13.0. The first-order valence-corrected chi connectivity index (χ1v) is 6.49. The van der Waals surface area contributed by atoms with Crippen molar-refractivity contribution in [3.8, 4) is 0 Å². The number of nitrogens with one attached hydrogen (secondary N) is 1. The van der Waals surface area contributed by atoms with Crippen LogP contribution in [0.25, 0.3) is 0 Å². The Morgan fingerprint density at radius 2 is 2.32 bits per heavy atom. The molecule has 1 aromatic heterocycles. The van der Waals surface area contributed by atoms with Crippen molar-refractivity contribution in [1.82, 2.24) is 9.88 Å². The predicted molar refractivity (Wildman–Crippen MR) is 69.4 cm³/mol. The molecule has 19 heavy (non-hydrogen) atoms. The van der Waals surface area contributed by atoms with Gasteiger partial charge in [0.05, 0.1) is 6.61 Å². The highest BCUT2D eigenvalue weighted by atomic mass is 19.1. The molecule has 2 rings (SSSR count). The van der Waals surface area contributed by atoms with Gasteiger partial charge in [0.1, 0.15) is 0 Å². The van der Waals surface area contributed by atoms with E-state index < -0.39 is 5.95 Å². The van der Waals surface area contributed by atoms with Crippen molar-refractivity contribution >= 4 is 11.8 Å². The lowest BCUT2D eigenvalue weighted by atomic mass is 10.1. The Balaban J connectivity index is 1.82. The van der Waals surface area contributed by atoms with Gasteiger partial charge in [-0.05, 0) is 25.8 Å². The number of carbonyl (C=O) groups excluding carboxylic acids is 1. The van der Waals surface area contributed by atoms with Crippen LogP contribution in [0, 0.1) is 5.95 Å². The third-order valence-electron chi connectivity index (χ3n) is 3.12. The normalized spacial score (nSPS) is 16.2. The molecule has 1 fully saturated rings. The van der Waals surface area contributed by atoms with E-state index in [4.69, 9.17) is 4.74 Å². The number of hydrogen-bond acceptors (Lipinski definition) is 4. The average Bonchev–Trinajstić information content (AvgIpc) is 2.40. The van der Waals surface area contributed by atoms with Crippen LogP contribution in [0.15, 0.2) is 18.3 Å². The summed E-state index contributed by atoms with van der Waals surface area (Å²) in [7, 11) is 0.